The van der Waals surface area contributed by atoms with Crippen molar-refractivity contribution in [3.8, 4) is 0 Å². The number of nitrogens with zero attached hydrogens (tertiary/aromatic N) is 3. The summed E-state index contributed by atoms with van der Waals surface area (Å²) in [6.07, 6.45) is -1.17. The molecule has 28 heavy (non-hydrogen) atoms. The molecule has 0 amide bonds. The van der Waals surface area contributed by atoms with Crippen LogP contribution in [-0.4, -0.2) is 64.1 Å². The van der Waals surface area contributed by atoms with Gasteiger partial charge >= 0.3 is 0 Å². The Balaban J connectivity index is 1.67. The first-order chi connectivity index (χ1) is 13.2. The summed E-state index contributed by atoms with van der Waals surface area (Å²) < 4.78 is 28.6. The van der Waals surface area contributed by atoms with Gasteiger partial charge in [-0.05, 0) is 32.9 Å². The Kier molecular flexibility index (Phi) is 5.92. The predicted molar refractivity (Wildman–Crippen MR) is 105 cm³/mol. The average Bonchev–Trinajstić information content (AvgIpc) is 3.13. The summed E-state index contributed by atoms with van der Waals surface area (Å²) in [6, 6.07) is 8.05. The smallest absolute Gasteiger partial charge is 0.243 e. The molecule has 1 saturated heterocycles. The van der Waals surface area contributed by atoms with E-state index in [-0.39, 0.29) is 24.5 Å². The Morgan fingerprint density at radius 1 is 1.29 bits per heavy atom. The monoisotopic (exact) mass is 408 g/mol. The molecule has 2 aromatic rings. The molecule has 8 nitrogen and oxygen atoms in total. The van der Waals surface area contributed by atoms with E-state index in [9.17, 15) is 18.6 Å². The van der Waals surface area contributed by atoms with E-state index in [2.05, 4.69) is 10.4 Å². The fourth-order valence-corrected chi connectivity index (χ4v) is 5.17. The van der Waals surface area contributed by atoms with Crippen LogP contribution in [0, 0.1) is 13.8 Å². The van der Waals surface area contributed by atoms with Crippen LogP contribution < -0.4 is 5.32 Å². The molecule has 1 aromatic carbocycles. The van der Waals surface area contributed by atoms with Gasteiger partial charge in [0.25, 0.3) is 0 Å². The molecule has 0 spiro atoms. The van der Waals surface area contributed by atoms with Crippen molar-refractivity contribution < 1.29 is 18.6 Å². The van der Waals surface area contributed by atoms with E-state index in [0.717, 1.165) is 27.8 Å². The fourth-order valence-electron chi connectivity index (χ4n) is 3.64. The van der Waals surface area contributed by atoms with Crippen LogP contribution >= 0.6 is 0 Å². The lowest BCUT2D eigenvalue weighted by molar-refractivity contribution is -0.0384. The van der Waals surface area contributed by atoms with E-state index in [0.29, 0.717) is 6.54 Å². The van der Waals surface area contributed by atoms with Crippen molar-refractivity contribution in [3.05, 3.63) is 47.3 Å². The fraction of sp³-hybridized carbons (Fsp3) is 0.526. The summed E-state index contributed by atoms with van der Waals surface area (Å²) in [4.78, 5) is 0.151. The van der Waals surface area contributed by atoms with Gasteiger partial charge in [0.05, 0.1) is 16.7 Å². The lowest BCUT2D eigenvalue weighted by atomic mass is 10.0. The molecule has 2 heterocycles. The highest BCUT2D eigenvalue weighted by atomic mass is 32.2. The van der Waals surface area contributed by atoms with E-state index in [1.165, 1.54) is 12.1 Å². The molecule has 1 aliphatic heterocycles. The van der Waals surface area contributed by atoms with Crippen LogP contribution in [0.4, 0.5) is 0 Å². The molecule has 1 aliphatic rings. The largest absolute Gasteiger partial charge is 0.389 e. The minimum atomic E-state index is -3.76. The van der Waals surface area contributed by atoms with Gasteiger partial charge < -0.3 is 15.5 Å². The number of rotatable bonds is 7. The number of aromatic nitrogens is 2. The number of hydrogen-bond acceptors (Lipinski definition) is 6. The number of β-amino-alcohol motifs (C(OH)–C–C–N with tert-alkyl or cyclic N) is 2. The number of aliphatic hydroxyl groups excluding tert-OH is 1. The van der Waals surface area contributed by atoms with Crippen molar-refractivity contribution in [2.45, 2.75) is 50.5 Å². The van der Waals surface area contributed by atoms with Gasteiger partial charge in [0, 0.05) is 44.0 Å². The van der Waals surface area contributed by atoms with Crippen LogP contribution in [0.3, 0.4) is 0 Å². The molecular weight excluding hydrogens is 380 g/mol. The van der Waals surface area contributed by atoms with E-state index in [1.54, 1.807) is 18.2 Å². The lowest BCUT2D eigenvalue weighted by Gasteiger charge is -2.26. The third-order valence-electron chi connectivity index (χ3n) is 5.39. The highest BCUT2D eigenvalue weighted by Crippen LogP contribution is 2.27. The first-order valence-corrected chi connectivity index (χ1v) is 10.8. The van der Waals surface area contributed by atoms with Crippen molar-refractivity contribution >= 4 is 10.0 Å². The van der Waals surface area contributed by atoms with Gasteiger partial charge in [-0.2, -0.15) is 9.40 Å². The lowest BCUT2D eigenvalue weighted by Crippen LogP contribution is -2.50. The zero-order chi connectivity index (χ0) is 20.5. The van der Waals surface area contributed by atoms with Crippen LogP contribution in [-0.2, 0) is 23.1 Å². The van der Waals surface area contributed by atoms with Crippen molar-refractivity contribution in [1.29, 1.82) is 0 Å². The van der Waals surface area contributed by atoms with Crippen molar-refractivity contribution in [2.24, 2.45) is 0 Å². The third-order valence-corrected chi connectivity index (χ3v) is 7.22. The van der Waals surface area contributed by atoms with Crippen LogP contribution in [0.25, 0.3) is 0 Å². The molecular formula is C19H28N4O4S. The Labute approximate surface area is 165 Å². The molecule has 1 fully saturated rings. The Bertz CT molecular complexity index is 929. The minimum Gasteiger partial charge on any atom is -0.389 e. The normalized spacial score (nSPS) is 23.4. The quantitative estimate of drug-likeness (QED) is 0.612. The first-order valence-electron chi connectivity index (χ1n) is 9.38. The van der Waals surface area contributed by atoms with Gasteiger partial charge in [-0.25, -0.2) is 8.42 Å². The second kappa shape index (κ2) is 7.92. The van der Waals surface area contributed by atoms with Gasteiger partial charge in [-0.15, -0.1) is 0 Å². The molecule has 2 atom stereocenters. The number of benzene rings is 1. The molecule has 1 aromatic heterocycles. The first kappa shape index (κ1) is 20.9. The summed E-state index contributed by atoms with van der Waals surface area (Å²) >= 11 is 0. The molecule has 0 radical (unpaired) electrons. The van der Waals surface area contributed by atoms with Crippen molar-refractivity contribution in [2.75, 3.05) is 19.6 Å². The topological polar surface area (TPSA) is 108 Å². The maximum Gasteiger partial charge on any atom is 0.243 e. The molecule has 9 heteroatoms. The van der Waals surface area contributed by atoms with Crippen molar-refractivity contribution in [3.63, 3.8) is 0 Å². The number of aliphatic hydroxyl groups is 2. The molecule has 0 saturated carbocycles. The molecule has 0 aliphatic carbocycles. The maximum absolute atomic E-state index is 12.8. The molecule has 154 valence electrons. The van der Waals surface area contributed by atoms with Gasteiger partial charge in [0.1, 0.15) is 5.60 Å². The molecule has 0 bridgehead atoms. The molecule has 0 unspecified atom stereocenters. The van der Waals surface area contributed by atoms with E-state index in [4.69, 9.17) is 0 Å². The zero-order valence-electron chi connectivity index (χ0n) is 16.5. The minimum absolute atomic E-state index is 0.0746. The predicted octanol–water partition coefficient (Wildman–Crippen LogP) is 0.406. The highest BCUT2D eigenvalue weighted by molar-refractivity contribution is 7.89. The van der Waals surface area contributed by atoms with Crippen LogP contribution in [0.2, 0.25) is 0 Å². The summed E-state index contributed by atoms with van der Waals surface area (Å²) in [5.74, 6) is 0. The van der Waals surface area contributed by atoms with Crippen LogP contribution in [0.1, 0.15) is 23.9 Å². The van der Waals surface area contributed by atoms with E-state index < -0.39 is 21.7 Å². The molecule has 3 N–H and O–H groups in total. The SMILES string of the molecule is CCn1nc(C)c(CNC[C@]2(O)CN(S(=O)(=O)c3ccccc3)C[C@H]2O)c1C. The summed E-state index contributed by atoms with van der Waals surface area (Å²) in [5, 5.41) is 28.9. The number of nitrogens with one attached hydrogen (secondary N) is 1. The van der Waals surface area contributed by atoms with Crippen LogP contribution in [0.5, 0.6) is 0 Å². The van der Waals surface area contributed by atoms with Gasteiger partial charge in [0.2, 0.25) is 10.0 Å². The van der Waals surface area contributed by atoms with E-state index in [1.807, 2.05) is 25.5 Å². The number of aryl methyl sites for hydroxylation is 2. The highest BCUT2D eigenvalue weighted by Gasteiger charge is 2.48. The Morgan fingerprint density at radius 2 is 1.96 bits per heavy atom. The second-order valence-corrected chi connectivity index (χ2v) is 9.24. The average molecular weight is 409 g/mol. The Morgan fingerprint density at radius 3 is 2.57 bits per heavy atom. The summed E-state index contributed by atoms with van der Waals surface area (Å²) in [7, 11) is -3.76. The standard InChI is InChI=1S/C19H28N4O4S/c1-4-23-15(3)17(14(2)21-23)10-20-12-19(25)13-22(11-18(19)24)28(26,27)16-8-6-5-7-9-16/h5-9,18,20,24-25H,4,10-13H2,1-3H3/t18-,19+/m1/s1. The summed E-state index contributed by atoms with van der Waals surface area (Å²) in [5.41, 5.74) is 1.47. The second-order valence-electron chi connectivity index (χ2n) is 7.30. The number of hydrogen-bond donors (Lipinski definition) is 3. The zero-order valence-corrected chi connectivity index (χ0v) is 17.3. The summed E-state index contributed by atoms with van der Waals surface area (Å²) in [6.45, 7) is 6.99. The van der Waals surface area contributed by atoms with Crippen LogP contribution in [0.15, 0.2) is 35.2 Å². The van der Waals surface area contributed by atoms with Gasteiger partial charge in [0.15, 0.2) is 0 Å². The Hall–Kier alpha value is -1.78. The van der Waals surface area contributed by atoms with Crippen molar-refractivity contribution in [1.82, 2.24) is 19.4 Å². The van der Waals surface area contributed by atoms with Gasteiger partial charge in [-0.3, -0.25) is 4.68 Å². The maximum atomic E-state index is 12.8. The third kappa shape index (κ3) is 3.85. The number of sulfonamides is 1. The molecule has 3 rings (SSSR count). The van der Waals surface area contributed by atoms with Gasteiger partial charge in [-0.1, -0.05) is 18.2 Å². The van der Waals surface area contributed by atoms with E-state index >= 15 is 0 Å².